The number of rotatable bonds is 8. The molecule has 4 N–H and O–H groups in total. The van der Waals surface area contributed by atoms with Crippen molar-refractivity contribution in [1.29, 1.82) is 0 Å². The Morgan fingerprint density at radius 1 is 1.03 bits per heavy atom. The molecule has 4 aromatic rings. The lowest BCUT2D eigenvalue weighted by Crippen LogP contribution is -2.25. The molecule has 0 aliphatic rings. The molecular formula is C24H26N6O. The van der Waals surface area contributed by atoms with Gasteiger partial charge < -0.3 is 20.9 Å². The van der Waals surface area contributed by atoms with E-state index in [1.165, 1.54) is 0 Å². The number of H-pyrrole nitrogens is 1. The SMILES string of the molecule is CCCNC(=O)Cc1cccc(Nc2nccc(Nc3ccc4[nH]c(C)cc4c3)n2)c1. The summed E-state index contributed by atoms with van der Waals surface area (Å²) in [7, 11) is 0. The third kappa shape index (κ3) is 5.39. The molecular weight excluding hydrogens is 388 g/mol. The van der Waals surface area contributed by atoms with Gasteiger partial charge in [0.15, 0.2) is 0 Å². The average Bonchev–Trinajstić information content (AvgIpc) is 3.12. The van der Waals surface area contributed by atoms with Crippen LogP contribution in [0.3, 0.4) is 0 Å². The van der Waals surface area contributed by atoms with E-state index in [4.69, 9.17) is 0 Å². The van der Waals surface area contributed by atoms with Crippen molar-refractivity contribution in [2.75, 3.05) is 17.2 Å². The van der Waals surface area contributed by atoms with Gasteiger partial charge in [-0.05, 0) is 61.4 Å². The van der Waals surface area contributed by atoms with Crippen LogP contribution < -0.4 is 16.0 Å². The number of nitrogens with zero attached hydrogens (tertiary/aromatic N) is 2. The summed E-state index contributed by atoms with van der Waals surface area (Å²) >= 11 is 0. The third-order valence-electron chi connectivity index (χ3n) is 4.80. The van der Waals surface area contributed by atoms with Crippen molar-refractivity contribution < 1.29 is 4.79 Å². The van der Waals surface area contributed by atoms with E-state index in [2.05, 4.69) is 43.0 Å². The molecule has 0 bridgehead atoms. The van der Waals surface area contributed by atoms with Crippen molar-refractivity contribution in [2.24, 2.45) is 0 Å². The number of carbonyl (C=O) groups excluding carboxylic acids is 1. The first-order chi connectivity index (χ1) is 15.1. The zero-order valence-corrected chi connectivity index (χ0v) is 17.7. The lowest BCUT2D eigenvalue weighted by Gasteiger charge is -2.10. The second-order valence-corrected chi connectivity index (χ2v) is 7.50. The number of hydrogen-bond acceptors (Lipinski definition) is 5. The lowest BCUT2D eigenvalue weighted by molar-refractivity contribution is -0.120. The number of benzene rings is 2. The van der Waals surface area contributed by atoms with Crippen LogP contribution in [0.2, 0.25) is 0 Å². The molecule has 4 rings (SSSR count). The van der Waals surface area contributed by atoms with Gasteiger partial charge in [-0.25, -0.2) is 4.98 Å². The smallest absolute Gasteiger partial charge is 0.229 e. The maximum absolute atomic E-state index is 12.0. The van der Waals surface area contributed by atoms with E-state index in [0.29, 0.717) is 24.7 Å². The molecule has 0 saturated heterocycles. The van der Waals surface area contributed by atoms with E-state index in [9.17, 15) is 4.79 Å². The fourth-order valence-electron chi connectivity index (χ4n) is 3.39. The molecule has 0 fully saturated rings. The Balaban J connectivity index is 1.44. The van der Waals surface area contributed by atoms with Gasteiger partial charge in [0.2, 0.25) is 11.9 Å². The normalized spacial score (nSPS) is 10.8. The summed E-state index contributed by atoms with van der Waals surface area (Å²) in [5, 5.41) is 10.6. The van der Waals surface area contributed by atoms with E-state index < -0.39 is 0 Å². The van der Waals surface area contributed by atoms with Crippen LogP contribution in [0.4, 0.5) is 23.1 Å². The Kier molecular flexibility index (Phi) is 6.12. The number of aromatic nitrogens is 3. The summed E-state index contributed by atoms with van der Waals surface area (Å²) in [5.41, 5.74) is 4.96. The number of aromatic amines is 1. The topological polar surface area (TPSA) is 94.7 Å². The van der Waals surface area contributed by atoms with Crippen molar-refractivity contribution in [1.82, 2.24) is 20.3 Å². The molecule has 31 heavy (non-hydrogen) atoms. The standard InChI is InChI=1S/C24H26N6O/c1-3-10-25-23(31)14-17-5-4-6-19(13-17)29-24-26-11-9-22(30-24)28-20-7-8-21-18(15-20)12-16(2)27-21/h4-9,11-13,15,27H,3,10,14H2,1-2H3,(H,25,31)(H2,26,28,29,30). The molecule has 2 aromatic heterocycles. The summed E-state index contributed by atoms with van der Waals surface area (Å²) in [6.07, 6.45) is 2.98. The largest absolute Gasteiger partial charge is 0.359 e. The van der Waals surface area contributed by atoms with Crippen LogP contribution in [-0.4, -0.2) is 27.4 Å². The first-order valence-electron chi connectivity index (χ1n) is 10.4. The van der Waals surface area contributed by atoms with Gasteiger partial charge >= 0.3 is 0 Å². The average molecular weight is 415 g/mol. The maximum atomic E-state index is 12.0. The summed E-state index contributed by atoms with van der Waals surface area (Å²) in [6, 6.07) is 17.8. The van der Waals surface area contributed by atoms with Crippen LogP contribution in [-0.2, 0) is 11.2 Å². The Morgan fingerprint density at radius 2 is 1.90 bits per heavy atom. The predicted octanol–water partition coefficient (Wildman–Crippen LogP) is 4.82. The highest BCUT2D eigenvalue weighted by atomic mass is 16.1. The van der Waals surface area contributed by atoms with Crippen molar-refractivity contribution in [3.63, 3.8) is 0 Å². The summed E-state index contributed by atoms with van der Waals surface area (Å²) in [6.45, 7) is 4.77. The van der Waals surface area contributed by atoms with Gasteiger partial charge in [0.1, 0.15) is 5.82 Å². The number of carbonyl (C=O) groups is 1. The highest BCUT2D eigenvalue weighted by Crippen LogP contribution is 2.23. The first kappa shape index (κ1) is 20.4. The van der Waals surface area contributed by atoms with E-state index in [1.807, 2.05) is 56.3 Å². The number of fused-ring (bicyclic) bond motifs is 1. The second kappa shape index (κ2) is 9.30. The van der Waals surface area contributed by atoms with E-state index in [0.717, 1.165) is 40.0 Å². The van der Waals surface area contributed by atoms with E-state index in [1.54, 1.807) is 6.20 Å². The molecule has 0 aliphatic heterocycles. The molecule has 7 nitrogen and oxygen atoms in total. The first-order valence-corrected chi connectivity index (χ1v) is 10.4. The van der Waals surface area contributed by atoms with Crippen LogP contribution in [0.25, 0.3) is 10.9 Å². The van der Waals surface area contributed by atoms with Gasteiger partial charge in [-0.15, -0.1) is 0 Å². The number of hydrogen-bond donors (Lipinski definition) is 4. The molecule has 2 aromatic carbocycles. The van der Waals surface area contributed by atoms with Crippen molar-refractivity contribution in [3.8, 4) is 0 Å². The van der Waals surface area contributed by atoms with Crippen molar-refractivity contribution >= 4 is 40.0 Å². The van der Waals surface area contributed by atoms with Gasteiger partial charge in [0, 0.05) is 40.7 Å². The minimum atomic E-state index is 0.0241. The quantitative estimate of drug-likeness (QED) is 0.332. The van der Waals surface area contributed by atoms with Gasteiger partial charge in [0.05, 0.1) is 6.42 Å². The van der Waals surface area contributed by atoms with Crippen LogP contribution >= 0.6 is 0 Å². The minimum Gasteiger partial charge on any atom is -0.359 e. The van der Waals surface area contributed by atoms with Gasteiger partial charge in [0.25, 0.3) is 0 Å². The van der Waals surface area contributed by atoms with Crippen LogP contribution in [0.1, 0.15) is 24.6 Å². The summed E-state index contributed by atoms with van der Waals surface area (Å²) in [4.78, 5) is 24.2. The highest BCUT2D eigenvalue weighted by Gasteiger charge is 2.06. The summed E-state index contributed by atoms with van der Waals surface area (Å²) in [5.74, 6) is 1.20. The van der Waals surface area contributed by atoms with Crippen LogP contribution in [0.5, 0.6) is 0 Å². The molecule has 7 heteroatoms. The molecule has 0 aliphatic carbocycles. The van der Waals surface area contributed by atoms with E-state index >= 15 is 0 Å². The molecule has 0 unspecified atom stereocenters. The molecule has 2 heterocycles. The fraction of sp³-hybridized carbons (Fsp3) is 0.208. The van der Waals surface area contributed by atoms with Crippen LogP contribution in [0.15, 0.2) is 60.8 Å². The molecule has 158 valence electrons. The lowest BCUT2D eigenvalue weighted by atomic mass is 10.1. The maximum Gasteiger partial charge on any atom is 0.229 e. The van der Waals surface area contributed by atoms with E-state index in [-0.39, 0.29) is 5.91 Å². The minimum absolute atomic E-state index is 0.0241. The van der Waals surface area contributed by atoms with Crippen molar-refractivity contribution in [3.05, 3.63) is 72.1 Å². The number of anilines is 4. The molecule has 0 saturated carbocycles. The second-order valence-electron chi connectivity index (χ2n) is 7.50. The van der Waals surface area contributed by atoms with Crippen LogP contribution in [0, 0.1) is 6.92 Å². The molecule has 1 amide bonds. The molecule has 0 spiro atoms. The Bertz CT molecular complexity index is 1200. The fourth-order valence-corrected chi connectivity index (χ4v) is 3.39. The Morgan fingerprint density at radius 3 is 2.77 bits per heavy atom. The zero-order valence-electron chi connectivity index (χ0n) is 17.7. The zero-order chi connectivity index (χ0) is 21.6. The Labute approximate surface area is 181 Å². The molecule has 0 radical (unpaired) electrons. The number of amides is 1. The van der Waals surface area contributed by atoms with Gasteiger partial charge in [-0.3, -0.25) is 4.79 Å². The van der Waals surface area contributed by atoms with Gasteiger partial charge in [-0.2, -0.15) is 4.98 Å². The monoisotopic (exact) mass is 414 g/mol. The number of aryl methyl sites for hydroxylation is 1. The highest BCUT2D eigenvalue weighted by molar-refractivity contribution is 5.84. The predicted molar refractivity (Wildman–Crippen MR) is 125 cm³/mol. The summed E-state index contributed by atoms with van der Waals surface area (Å²) < 4.78 is 0. The number of nitrogens with one attached hydrogen (secondary N) is 4. The van der Waals surface area contributed by atoms with Crippen molar-refractivity contribution in [2.45, 2.75) is 26.7 Å². The third-order valence-corrected chi connectivity index (χ3v) is 4.80. The Hall–Kier alpha value is -3.87. The van der Waals surface area contributed by atoms with Gasteiger partial charge in [-0.1, -0.05) is 19.1 Å². The molecule has 0 atom stereocenters.